The van der Waals surface area contributed by atoms with Gasteiger partial charge in [-0.3, -0.25) is 9.59 Å². The molecule has 1 aromatic rings. The number of rotatable bonds is 3. The number of nitrogens with two attached hydrogens (primary N) is 2. The Morgan fingerprint density at radius 1 is 1.44 bits per heavy atom. The molecule has 0 aliphatic carbocycles. The number of carbonyl (C=O) groups excluding carboxylic acids is 2. The van der Waals surface area contributed by atoms with E-state index in [0.29, 0.717) is 24.5 Å². The molecule has 0 bridgehead atoms. The second-order valence-electron chi connectivity index (χ2n) is 4.08. The Morgan fingerprint density at radius 3 is 2.89 bits per heavy atom. The topological polar surface area (TPSA) is 114 Å². The minimum atomic E-state index is -0.524. The van der Waals surface area contributed by atoms with Gasteiger partial charge in [-0.1, -0.05) is 0 Å². The lowest BCUT2D eigenvalue weighted by molar-refractivity contribution is -0.119. The predicted octanol–water partition coefficient (Wildman–Crippen LogP) is -1.56. The number of piperazine rings is 1. The molecule has 0 aromatic carbocycles. The highest BCUT2D eigenvalue weighted by Crippen LogP contribution is 2.16. The highest BCUT2D eigenvalue weighted by Gasteiger charge is 2.27. The summed E-state index contributed by atoms with van der Waals surface area (Å²) in [5.74, 6) is -0.408. The van der Waals surface area contributed by atoms with Gasteiger partial charge >= 0.3 is 0 Å². The molecule has 1 aliphatic rings. The van der Waals surface area contributed by atoms with Crippen molar-refractivity contribution >= 4 is 17.6 Å². The zero-order valence-corrected chi connectivity index (χ0v) is 9.80. The number of primary amides is 2. The maximum absolute atomic E-state index is 11.4. The fourth-order valence-electron chi connectivity index (χ4n) is 1.96. The van der Waals surface area contributed by atoms with Crippen LogP contribution in [0.3, 0.4) is 0 Å². The van der Waals surface area contributed by atoms with Crippen molar-refractivity contribution in [2.75, 3.05) is 24.5 Å². The third-order valence-corrected chi connectivity index (χ3v) is 2.90. The number of carbonyl (C=O) groups is 2. The van der Waals surface area contributed by atoms with E-state index in [2.05, 4.69) is 10.3 Å². The van der Waals surface area contributed by atoms with Gasteiger partial charge in [-0.25, -0.2) is 4.98 Å². The Hall–Kier alpha value is -2.15. The van der Waals surface area contributed by atoms with Crippen LogP contribution in [-0.4, -0.2) is 42.5 Å². The second kappa shape index (κ2) is 5.01. The number of hydrogen-bond donors (Lipinski definition) is 3. The molecule has 2 heterocycles. The Morgan fingerprint density at radius 2 is 2.22 bits per heavy atom. The van der Waals surface area contributed by atoms with Gasteiger partial charge < -0.3 is 21.7 Å². The lowest BCUT2D eigenvalue weighted by Crippen LogP contribution is -2.57. The van der Waals surface area contributed by atoms with Gasteiger partial charge in [0.15, 0.2) is 0 Å². The average Bonchev–Trinajstić information content (AvgIpc) is 2.39. The Balaban J connectivity index is 2.30. The van der Waals surface area contributed by atoms with E-state index in [9.17, 15) is 9.59 Å². The summed E-state index contributed by atoms with van der Waals surface area (Å²) in [4.78, 5) is 28.4. The molecule has 1 fully saturated rings. The summed E-state index contributed by atoms with van der Waals surface area (Å²) >= 11 is 0. The van der Waals surface area contributed by atoms with Crippen molar-refractivity contribution in [3.8, 4) is 0 Å². The van der Waals surface area contributed by atoms with Crippen LogP contribution >= 0.6 is 0 Å². The summed E-state index contributed by atoms with van der Waals surface area (Å²) in [6, 6.07) is 2.64. The fourth-order valence-corrected chi connectivity index (χ4v) is 1.96. The third kappa shape index (κ3) is 2.40. The number of anilines is 1. The molecule has 7 nitrogen and oxygen atoms in total. The van der Waals surface area contributed by atoms with Crippen LogP contribution in [0, 0.1) is 0 Å². The van der Waals surface area contributed by atoms with Crippen LogP contribution in [0.1, 0.15) is 10.4 Å². The van der Waals surface area contributed by atoms with Crippen molar-refractivity contribution in [3.63, 3.8) is 0 Å². The number of aromatic nitrogens is 1. The van der Waals surface area contributed by atoms with Crippen LogP contribution < -0.4 is 21.7 Å². The monoisotopic (exact) mass is 249 g/mol. The summed E-state index contributed by atoms with van der Waals surface area (Å²) in [6.07, 6.45) is 1.50. The van der Waals surface area contributed by atoms with E-state index < -0.39 is 17.9 Å². The summed E-state index contributed by atoms with van der Waals surface area (Å²) in [7, 11) is 0. The van der Waals surface area contributed by atoms with E-state index in [0.717, 1.165) is 6.54 Å². The molecule has 1 unspecified atom stereocenters. The normalized spacial score (nSPS) is 19.6. The highest BCUT2D eigenvalue weighted by atomic mass is 16.1. The van der Waals surface area contributed by atoms with E-state index in [4.69, 9.17) is 11.5 Å². The maximum Gasteiger partial charge on any atom is 0.248 e. The molecular weight excluding hydrogens is 234 g/mol. The van der Waals surface area contributed by atoms with Crippen LogP contribution in [0.25, 0.3) is 0 Å². The van der Waals surface area contributed by atoms with Gasteiger partial charge in [-0.2, -0.15) is 0 Å². The lowest BCUT2D eigenvalue weighted by atomic mass is 10.1. The zero-order valence-electron chi connectivity index (χ0n) is 9.80. The Kier molecular flexibility index (Phi) is 3.42. The fraction of sp³-hybridized carbons (Fsp3) is 0.364. The van der Waals surface area contributed by atoms with Crippen molar-refractivity contribution in [2.24, 2.45) is 11.5 Å². The van der Waals surface area contributed by atoms with Gasteiger partial charge in [0.1, 0.15) is 11.9 Å². The first-order chi connectivity index (χ1) is 8.59. The van der Waals surface area contributed by atoms with E-state index in [1.54, 1.807) is 11.0 Å². The number of amides is 2. The molecule has 2 amide bonds. The van der Waals surface area contributed by atoms with E-state index >= 15 is 0 Å². The number of nitrogens with one attached hydrogen (secondary N) is 1. The second-order valence-corrected chi connectivity index (χ2v) is 4.08. The SMILES string of the molecule is NC(=O)c1ccnc(N2CCNCC2C(N)=O)c1. The Labute approximate surface area is 104 Å². The molecule has 18 heavy (non-hydrogen) atoms. The zero-order chi connectivity index (χ0) is 13.1. The van der Waals surface area contributed by atoms with Crippen LogP contribution in [-0.2, 0) is 4.79 Å². The van der Waals surface area contributed by atoms with Gasteiger partial charge in [0.25, 0.3) is 0 Å². The lowest BCUT2D eigenvalue weighted by Gasteiger charge is -2.35. The molecular formula is C11H15N5O2. The molecule has 0 radical (unpaired) electrons. The van der Waals surface area contributed by atoms with Crippen LogP contribution in [0.4, 0.5) is 5.82 Å². The first kappa shape index (κ1) is 12.3. The predicted molar refractivity (Wildman–Crippen MR) is 66.0 cm³/mol. The number of hydrogen-bond acceptors (Lipinski definition) is 5. The Bertz CT molecular complexity index is 476. The first-order valence-electron chi connectivity index (χ1n) is 5.62. The number of nitrogens with zero attached hydrogens (tertiary/aromatic N) is 2. The van der Waals surface area contributed by atoms with Gasteiger partial charge in [-0.15, -0.1) is 0 Å². The van der Waals surface area contributed by atoms with Crippen molar-refractivity contribution < 1.29 is 9.59 Å². The molecule has 5 N–H and O–H groups in total. The molecule has 0 saturated carbocycles. The smallest absolute Gasteiger partial charge is 0.248 e. The van der Waals surface area contributed by atoms with Crippen molar-refractivity contribution in [2.45, 2.75) is 6.04 Å². The molecule has 2 rings (SSSR count). The van der Waals surface area contributed by atoms with Crippen molar-refractivity contribution in [1.29, 1.82) is 0 Å². The van der Waals surface area contributed by atoms with Gasteiger partial charge in [0.05, 0.1) is 0 Å². The minimum absolute atomic E-state index is 0.363. The van der Waals surface area contributed by atoms with E-state index in [-0.39, 0.29) is 0 Å². The molecule has 96 valence electrons. The molecule has 1 aliphatic heterocycles. The summed E-state index contributed by atoms with van der Waals surface area (Å²) in [5.41, 5.74) is 10.9. The van der Waals surface area contributed by atoms with E-state index in [1.165, 1.54) is 12.3 Å². The van der Waals surface area contributed by atoms with E-state index in [1.807, 2.05) is 0 Å². The van der Waals surface area contributed by atoms with Gasteiger partial charge in [-0.05, 0) is 12.1 Å². The van der Waals surface area contributed by atoms with Crippen molar-refractivity contribution in [3.05, 3.63) is 23.9 Å². The largest absolute Gasteiger partial charge is 0.368 e. The van der Waals surface area contributed by atoms with Crippen LogP contribution in [0.5, 0.6) is 0 Å². The standard InChI is InChI=1S/C11H15N5O2/c12-10(17)7-1-2-15-9(5-7)16-4-3-14-6-8(16)11(13)18/h1-2,5,8,14H,3-4,6H2,(H2,12,17)(H2,13,18). The first-order valence-corrected chi connectivity index (χ1v) is 5.62. The van der Waals surface area contributed by atoms with Crippen molar-refractivity contribution in [1.82, 2.24) is 10.3 Å². The van der Waals surface area contributed by atoms with Gasteiger partial charge in [0.2, 0.25) is 11.8 Å². The quantitative estimate of drug-likeness (QED) is 0.599. The molecule has 7 heteroatoms. The van der Waals surface area contributed by atoms with Gasteiger partial charge in [0, 0.05) is 31.4 Å². The molecule has 1 saturated heterocycles. The maximum atomic E-state index is 11.4. The van der Waals surface area contributed by atoms with Crippen LogP contribution in [0.2, 0.25) is 0 Å². The average molecular weight is 249 g/mol. The third-order valence-electron chi connectivity index (χ3n) is 2.90. The minimum Gasteiger partial charge on any atom is -0.368 e. The molecule has 0 spiro atoms. The molecule has 1 aromatic heterocycles. The molecule has 1 atom stereocenters. The summed E-state index contributed by atoms with van der Waals surface area (Å²) in [5, 5.41) is 3.09. The number of pyridine rings is 1. The summed E-state index contributed by atoms with van der Waals surface area (Å²) in [6.45, 7) is 1.80. The van der Waals surface area contributed by atoms with Crippen LogP contribution in [0.15, 0.2) is 18.3 Å². The highest BCUT2D eigenvalue weighted by molar-refractivity contribution is 5.93. The summed E-state index contributed by atoms with van der Waals surface area (Å²) < 4.78 is 0.